The lowest BCUT2D eigenvalue weighted by Gasteiger charge is -2.32. The van der Waals surface area contributed by atoms with Crippen molar-refractivity contribution in [3.63, 3.8) is 0 Å². The summed E-state index contributed by atoms with van der Waals surface area (Å²) in [6, 6.07) is 4.03. The zero-order chi connectivity index (χ0) is 16.2. The van der Waals surface area contributed by atoms with Crippen LogP contribution in [0.2, 0.25) is 0 Å². The maximum atomic E-state index is 12.0. The van der Waals surface area contributed by atoms with Crippen LogP contribution in [0.5, 0.6) is 0 Å². The summed E-state index contributed by atoms with van der Waals surface area (Å²) >= 11 is 0. The van der Waals surface area contributed by atoms with Crippen molar-refractivity contribution in [1.29, 1.82) is 0 Å². The molecule has 7 heteroatoms. The fraction of sp³-hybridized carbons (Fsp3) is 0.500. The largest absolute Gasteiger partial charge is 0.331 e. The Balaban J connectivity index is 1.58. The molecule has 1 fully saturated rings. The van der Waals surface area contributed by atoms with Gasteiger partial charge in [-0.15, -0.1) is 0 Å². The Hall–Kier alpha value is -2.44. The SMILES string of the molecule is CN(C)C(=O)N1CCC(c2n[nH]c(Cc3cccnc3)n2)CC1. The van der Waals surface area contributed by atoms with Crippen molar-refractivity contribution >= 4 is 6.03 Å². The third-order valence-electron chi connectivity index (χ3n) is 4.16. The van der Waals surface area contributed by atoms with Gasteiger partial charge in [0.15, 0.2) is 5.82 Å². The van der Waals surface area contributed by atoms with Gasteiger partial charge in [-0.2, -0.15) is 5.10 Å². The minimum atomic E-state index is 0.0794. The number of amides is 2. The molecule has 0 radical (unpaired) electrons. The van der Waals surface area contributed by atoms with Crippen LogP contribution in [0.3, 0.4) is 0 Å². The van der Waals surface area contributed by atoms with E-state index in [-0.39, 0.29) is 6.03 Å². The van der Waals surface area contributed by atoms with Gasteiger partial charge < -0.3 is 9.80 Å². The number of aromatic nitrogens is 4. The lowest BCUT2D eigenvalue weighted by Crippen LogP contribution is -2.43. The quantitative estimate of drug-likeness (QED) is 0.934. The highest BCUT2D eigenvalue weighted by atomic mass is 16.2. The third-order valence-corrected chi connectivity index (χ3v) is 4.16. The Morgan fingerprint density at radius 1 is 1.39 bits per heavy atom. The Kier molecular flexibility index (Phi) is 4.55. The van der Waals surface area contributed by atoms with Gasteiger partial charge in [0, 0.05) is 51.9 Å². The van der Waals surface area contributed by atoms with E-state index in [0.29, 0.717) is 12.3 Å². The number of nitrogens with one attached hydrogen (secondary N) is 1. The number of nitrogens with zero attached hydrogens (tertiary/aromatic N) is 5. The zero-order valence-electron chi connectivity index (χ0n) is 13.6. The molecule has 3 heterocycles. The van der Waals surface area contributed by atoms with E-state index < -0.39 is 0 Å². The Morgan fingerprint density at radius 3 is 2.83 bits per heavy atom. The maximum absolute atomic E-state index is 12.0. The van der Waals surface area contributed by atoms with E-state index in [1.165, 1.54) is 0 Å². The van der Waals surface area contributed by atoms with Crippen LogP contribution >= 0.6 is 0 Å². The summed E-state index contributed by atoms with van der Waals surface area (Å²) in [5, 5.41) is 7.40. The number of carbonyl (C=O) groups is 1. The van der Waals surface area contributed by atoms with Gasteiger partial charge in [-0.25, -0.2) is 9.78 Å². The molecule has 2 amide bonds. The maximum Gasteiger partial charge on any atom is 0.319 e. The second kappa shape index (κ2) is 6.76. The standard InChI is InChI=1S/C16H22N6O/c1-21(2)16(23)22-8-5-13(6-9-22)15-18-14(19-20-15)10-12-4-3-7-17-11-12/h3-4,7,11,13H,5-6,8-10H2,1-2H3,(H,18,19,20). The molecule has 2 aromatic heterocycles. The first-order chi connectivity index (χ1) is 11.1. The predicted octanol–water partition coefficient (Wildman–Crippen LogP) is 1.65. The van der Waals surface area contributed by atoms with E-state index in [0.717, 1.165) is 43.1 Å². The van der Waals surface area contributed by atoms with Crippen LogP contribution in [0.15, 0.2) is 24.5 Å². The molecule has 1 aliphatic heterocycles. The second-order valence-electron chi connectivity index (χ2n) is 6.12. The van der Waals surface area contributed by atoms with Gasteiger partial charge >= 0.3 is 6.03 Å². The highest BCUT2D eigenvalue weighted by molar-refractivity contribution is 5.73. The average Bonchev–Trinajstić information content (AvgIpc) is 3.03. The summed E-state index contributed by atoms with van der Waals surface area (Å²) in [4.78, 5) is 24.2. The highest BCUT2D eigenvalue weighted by Crippen LogP contribution is 2.26. The first kappa shape index (κ1) is 15.5. The predicted molar refractivity (Wildman–Crippen MR) is 86.1 cm³/mol. The molecule has 0 aliphatic carbocycles. The number of likely N-dealkylation sites (tertiary alicyclic amines) is 1. The van der Waals surface area contributed by atoms with Crippen molar-refractivity contribution in [2.45, 2.75) is 25.2 Å². The topological polar surface area (TPSA) is 78.0 Å². The van der Waals surface area contributed by atoms with Crippen LogP contribution in [-0.2, 0) is 6.42 Å². The van der Waals surface area contributed by atoms with Crippen molar-refractivity contribution < 1.29 is 4.79 Å². The molecule has 2 aromatic rings. The van der Waals surface area contributed by atoms with Crippen LogP contribution < -0.4 is 0 Å². The number of rotatable bonds is 3. The van der Waals surface area contributed by atoms with E-state index >= 15 is 0 Å². The molecule has 23 heavy (non-hydrogen) atoms. The van der Waals surface area contributed by atoms with Crippen LogP contribution in [0, 0.1) is 0 Å². The molecular weight excluding hydrogens is 292 g/mol. The van der Waals surface area contributed by atoms with Crippen molar-refractivity contribution in [2.24, 2.45) is 0 Å². The zero-order valence-corrected chi connectivity index (χ0v) is 13.6. The minimum Gasteiger partial charge on any atom is -0.331 e. The summed E-state index contributed by atoms with van der Waals surface area (Å²) in [6.45, 7) is 1.52. The van der Waals surface area contributed by atoms with E-state index in [1.807, 2.05) is 23.2 Å². The number of hydrogen-bond acceptors (Lipinski definition) is 4. The number of piperidine rings is 1. The lowest BCUT2D eigenvalue weighted by molar-refractivity contribution is 0.155. The third kappa shape index (κ3) is 3.67. The molecule has 3 rings (SSSR count). The highest BCUT2D eigenvalue weighted by Gasteiger charge is 2.26. The normalized spacial score (nSPS) is 15.7. The van der Waals surface area contributed by atoms with Gasteiger partial charge in [0.25, 0.3) is 0 Å². The molecule has 1 saturated heterocycles. The van der Waals surface area contributed by atoms with Crippen LogP contribution in [-0.4, -0.2) is 63.2 Å². The van der Waals surface area contributed by atoms with Gasteiger partial charge in [-0.3, -0.25) is 10.1 Å². The number of hydrogen-bond donors (Lipinski definition) is 1. The molecule has 0 saturated carbocycles. The van der Waals surface area contributed by atoms with E-state index in [9.17, 15) is 4.79 Å². The summed E-state index contributed by atoms with van der Waals surface area (Å²) in [5.74, 6) is 2.04. The minimum absolute atomic E-state index is 0.0794. The summed E-state index contributed by atoms with van der Waals surface area (Å²) in [7, 11) is 3.57. The average molecular weight is 314 g/mol. The van der Waals surface area contributed by atoms with Crippen molar-refractivity contribution in [1.82, 2.24) is 30.0 Å². The molecular formula is C16H22N6O. The van der Waals surface area contributed by atoms with Gasteiger partial charge in [0.1, 0.15) is 5.82 Å². The molecule has 1 N–H and O–H groups in total. The summed E-state index contributed by atoms with van der Waals surface area (Å²) < 4.78 is 0. The van der Waals surface area contributed by atoms with Crippen molar-refractivity contribution in [3.8, 4) is 0 Å². The fourth-order valence-corrected chi connectivity index (χ4v) is 2.88. The second-order valence-corrected chi connectivity index (χ2v) is 6.12. The van der Waals surface area contributed by atoms with Gasteiger partial charge in [-0.05, 0) is 24.5 Å². The summed E-state index contributed by atoms with van der Waals surface area (Å²) in [5.41, 5.74) is 1.11. The van der Waals surface area contributed by atoms with Crippen LogP contribution in [0.1, 0.15) is 36.0 Å². The van der Waals surface area contributed by atoms with Gasteiger partial charge in [0.2, 0.25) is 0 Å². The number of aromatic amines is 1. The van der Waals surface area contributed by atoms with Crippen LogP contribution in [0.4, 0.5) is 4.79 Å². The molecule has 0 aromatic carbocycles. The molecule has 7 nitrogen and oxygen atoms in total. The smallest absolute Gasteiger partial charge is 0.319 e. The van der Waals surface area contributed by atoms with E-state index in [1.54, 1.807) is 25.2 Å². The number of carbonyl (C=O) groups excluding carboxylic acids is 1. The van der Waals surface area contributed by atoms with Gasteiger partial charge in [0.05, 0.1) is 0 Å². The Labute approximate surface area is 135 Å². The van der Waals surface area contributed by atoms with Crippen molar-refractivity contribution in [3.05, 3.63) is 41.7 Å². The number of pyridine rings is 1. The number of H-pyrrole nitrogens is 1. The lowest BCUT2D eigenvalue weighted by atomic mass is 9.96. The summed E-state index contributed by atoms with van der Waals surface area (Å²) in [6.07, 6.45) is 6.12. The van der Waals surface area contributed by atoms with E-state index in [4.69, 9.17) is 0 Å². The van der Waals surface area contributed by atoms with Crippen molar-refractivity contribution in [2.75, 3.05) is 27.2 Å². The van der Waals surface area contributed by atoms with E-state index in [2.05, 4.69) is 20.2 Å². The molecule has 122 valence electrons. The monoisotopic (exact) mass is 314 g/mol. The first-order valence-corrected chi connectivity index (χ1v) is 7.90. The Bertz CT molecular complexity index is 646. The Morgan fingerprint density at radius 2 is 2.17 bits per heavy atom. The first-order valence-electron chi connectivity index (χ1n) is 7.90. The molecule has 0 spiro atoms. The number of urea groups is 1. The van der Waals surface area contributed by atoms with Gasteiger partial charge in [-0.1, -0.05) is 6.07 Å². The molecule has 0 unspecified atom stereocenters. The molecule has 0 atom stereocenters. The molecule has 1 aliphatic rings. The van der Waals surface area contributed by atoms with Crippen LogP contribution in [0.25, 0.3) is 0 Å². The molecule has 0 bridgehead atoms. The fourth-order valence-electron chi connectivity index (χ4n) is 2.88.